The van der Waals surface area contributed by atoms with E-state index in [1.165, 1.54) is 18.2 Å². The van der Waals surface area contributed by atoms with Crippen LogP contribution in [0, 0.1) is 0 Å². The minimum atomic E-state index is -0.532. The van der Waals surface area contributed by atoms with Gasteiger partial charge in [0.2, 0.25) is 0 Å². The molecular formula is C24H16BrCl3N2O4. The summed E-state index contributed by atoms with van der Waals surface area (Å²) in [6.07, 6.45) is 1.45. The van der Waals surface area contributed by atoms with Gasteiger partial charge in [0.15, 0.2) is 11.5 Å². The Hall–Kier alpha value is -2.71. The Kier molecular flexibility index (Phi) is 7.38. The van der Waals surface area contributed by atoms with Crippen LogP contribution in [-0.2, 0) is 16.2 Å². The van der Waals surface area contributed by atoms with E-state index in [1.807, 2.05) is 6.07 Å². The van der Waals surface area contributed by atoms with Gasteiger partial charge >= 0.3 is 0 Å². The lowest BCUT2D eigenvalue weighted by Gasteiger charge is -2.16. The molecule has 1 heterocycles. The second-order valence-corrected chi connectivity index (χ2v) is 9.12. The lowest BCUT2D eigenvalue weighted by molar-refractivity contribution is -0.117. The molecule has 0 bridgehead atoms. The van der Waals surface area contributed by atoms with E-state index >= 15 is 0 Å². The maximum absolute atomic E-state index is 12.9. The Morgan fingerprint density at radius 1 is 1.03 bits per heavy atom. The molecule has 1 aliphatic rings. The van der Waals surface area contributed by atoms with E-state index in [4.69, 9.17) is 44.3 Å². The smallest absolute Gasteiger partial charge is 0.282 e. The summed E-state index contributed by atoms with van der Waals surface area (Å²) in [6, 6.07) is 15.6. The average Bonchev–Trinajstić information content (AvgIpc) is 3.12. The van der Waals surface area contributed by atoms with Crippen molar-refractivity contribution in [1.29, 1.82) is 0 Å². The molecule has 0 radical (unpaired) electrons. The molecule has 6 nitrogen and oxygen atoms in total. The van der Waals surface area contributed by atoms with Crippen molar-refractivity contribution in [2.75, 3.05) is 12.1 Å². The summed E-state index contributed by atoms with van der Waals surface area (Å²) >= 11 is 22.0. The molecule has 34 heavy (non-hydrogen) atoms. The van der Waals surface area contributed by atoms with Crippen molar-refractivity contribution >= 4 is 74.3 Å². The largest absolute Gasteiger partial charge is 0.493 e. The number of ether oxygens (including phenoxy) is 2. The van der Waals surface area contributed by atoms with E-state index in [1.54, 1.807) is 48.5 Å². The van der Waals surface area contributed by atoms with Crippen molar-refractivity contribution in [1.82, 2.24) is 5.43 Å². The van der Waals surface area contributed by atoms with Gasteiger partial charge in [-0.2, -0.15) is 0 Å². The Morgan fingerprint density at radius 3 is 2.44 bits per heavy atom. The number of hydrogen-bond acceptors (Lipinski definition) is 4. The van der Waals surface area contributed by atoms with Crippen LogP contribution in [0.2, 0.25) is 15.1 Å². The first kappa shape index (κ1) is 24.4. The predicted octanol–water partition coefficient (Wildman–Crippen LogP) is 6.46. The van der Waals surface area contributed by atoms with Crippen LogP contribution in [0.5, 0.6) is 11.5 Å². The van der Waals surface area contributed by atoms with Gasteiger partial charge in [-0.3, -0.25) is 15.0 Å². The van der Waals surface area contributed by atoms with Crippen molar-refractivity contribution < 1.29 is 19.1 Å². The quantitative estimate of drug-likeness (QED) is 0.268. The van der Waals surface area contributed by atoms with Crippen LogP contribution in [0.15, 0.2) is 64.6 Å². The number of methoxy groups -OCH3 is 1. The number of hydrogen-bond donors (Lipinski definition) is 1. The molecule has 10 heteroatoms. The van der Waals surface area contributed by atoms with E-state index in [0.29, 0.717) is 31.5 Å². The Balaban J connectivity index is 1.64. The second-order valence-electron chi connectivity index (χ2n) is 7.14. The highest BCUT2D eigenvalue weighted by Gasteiger charge is 2.34. The summed E-state index contributed by atoms with van der Waals surface area (Å²) in [5, 5.41) is 2.26. The summed E-state index contributed by atoms with van der Waals surface area (Å²) in [7, 11) is 1.47. The summed E-state index contributed by atoms with van der Waals surface area (Å²) in [5.41, 5.74) is 4.31. The van der Waals surface area contributed by atoms with E-state index in [2.05, 4.69) is 21.4 Å². The maximum Gasteiger partial charge on any atom is 0.282 e. The summed E-state index contributed by atoms with van der Waals surface area (Å²) in [4.78, 5) is 25.4. The number of halogens is 4. The van der Waals surface area contributed by atoms with E-state index in [9.17, 15) is 9.59 Å². The first-order valence-corrected chi connectivity index (χ1v) is 11.8. The van der Waals surface area contributed by atoms with Gasteiger partial charge in [0, 0.05) is 4.47 Å². The Bertz CT molecular complexity index is 1320. The van der Waals surface area contributed by atoms with Crippen LogP contribution < -0.4 is 19.9 Å². The molecule has 0 aliphatic carbocycles. The molecule has 174 valence electrons. The number of carbonyl (C=O) groups excluding carboxylic acids is 2. The third kappa shape index (κ3) is 4.88. The van der Waals surface area contributed by atoms with Gasteiger partial charge in [-0.25, -0.2) is 5.01 Å². The van der Waals surface area contributed by atoms with Crippen LogP contribution in [0.1, 0.15) is 11.1 Å². The lowest BCUT2D eigenvalue weighted by atomic mass is 10.1. The molecule has 3 aromatic rings. The normalized spacial score (nSPS) is 14.5. The highest BCUT2D eigenvalue weighted by molar-refractivity contribution is 9.10. The minimum Gasteiger partial charge on any atom is -0.493 e. The fraction of sp³-hybridized carbons (Fsp3) is 0.0833. The fourth-order valence-corrected chi connectivity index (χ4v) is 4.24. The van der Waals surface area contributed by atoms with Crippen LogP contribution in [-0.4, -0.2) is 18.9 Å². The van der Waals surface area contributed by atoms with Gasteiger partial charge in [-0.05, 0) is 63.5 Å². The summed E-state index contributed by atoms with van der Waals surface area (Å²) in [5.74, 6) is -0.405. The number of para-hydroxylation sites is 1. The molecule has 3 aromatic carbocycles. The van der Waals surface area contributed by atoms with Crippen LogP contribution in [0.3, 0.4) is 0 Å². The lowest BCUT2D eigenvalue weighted by Crippen LogP contribution is -2.35. The molecule has 2 amide bonds. The molecular weight excluding hydrogens is 567 g/mol. The number of nitrogens with one attached hydrogen (secondary N) is 1. The third-order valence-corrected chi connectivity index (χ3v) is 7.13. The van der Waals surface area contributed by atoms with Gasteiger partial charge in [0.05, 0.1) is 22.8 Å². The van der Waals surface area contributed by atoms with Crippen LogP contribution >= 0.6 is 50.7 Å². The van der Waals surface area contributed by atoms with Crippen molar-refractivity contribution in [3.63, 3.8) is 0 Å². The molecule has 1 fully saturated rings. The predicted molar refractivity (Wildman–Crippen MR) is 137 cm³/mol. The molecule has 4 rings (SSSR count). The molecule has 0 spiro atoms. The van der Waals surface area contributed by atoms with Crippen molar-refractivity contribution in [2.24, 2.45) is 0 Å². The highest BCUT2D eigenvalue weighted by atomic mass is 79.9. The van der Waals surface area contributed by atoms with Crippen molar-refractivity contribution in [3.05, 3.63) is 90.8 Å². The number of rotatable bonds is 6. The number of amides is 2. The van der Waals surface area contributed by atoms with Crippen molar-refractivity contribution in [2.45, 2.75) is 6.61 Å². The van der Waals surface area contributed by atoms with Gasteiger partial charge in [0.1, 0.15) is 17.2 Å². The van der Waals surface area contributed by atoms with Gasteiger partial charge in [-0.15, -0.1) is 0 Å². The van der Waals surface area contributed by atoms with Gasteiger partial charge < -0.3 is 9.47 Å². The molecule has 1 saturated heterocycles. The Morgan fingerprint density at radius 2 is 1.76 bits per heavy atom. The molecule has 0 aromatic heterocycles. The third-order valence-electron chi connectivity index (χ3n) is 4.95. The first-order valence-electron chi connectivity index (χ1n) is 9.85. The molecule has 1 N–H and O–H groups in total. The van der Waals surface area contributed by atoms with Crippen LogP contribution in [0.4, 0.5) is 5.69 Å². The fourth-order valence-electron chi connectivity index (χ4n) is 3.25. The molecule has 0 atom stereocenters. The summed E-state index contributed by atoms with van der Waals surface area (Å²) < 4.78 is 11.8. The van der Waals surface area contributed by atoms with E-state index in [0.717, 1.165) is 5.56 Å². The molecule has 1 aliphatic heterocycles. The van der Waals surface area contributed by atoms with Gasteiger partial charge in [0.25, 0.3) is 11.8 Å². The number of anilines is 1. The first-order chi connectivity index (χ1) is 16.3. The van der Waals surface area contributed by atoms with Gasteiger partial charge in [-0.1, -0.05) is 59.1 Å². The van der Waals surface area contributed by atoms with E-state index in [-0.39, 0.29) is 23.0 Å². The van der Waals surface area contributed by atoms with Crippen molar-refractivity contribution in [3.8, 4) is 11.5 Å². The zero-order valence-corrected chi connectivity index (χ0v) is 21.4. The molecule has 0 unspecified atom stereocenters. The summed E-state index contributed by atoms with van der Waals surface area (Å²) in [6.45, 7) is 0.159. The monoisotopic (exact) mass is 580 g/mol. The zero-order chi connectivity index (χ0) is 24.4. The van der Waals surface area contributed by atoms with Crippen LogP contribution in [0.25, 0.3) is 6.08 Å². The highest BCUT2D eigenvalue weighted by Crippen LogP contribution is 2.44. The topological polar surface area (TPSA) is 67.9 Å². The number of hydrazine groups is 1. The van der Waals surface area contributed by atoms with E-state index < -0.39 is 11.8 Å². The number of benzene rings is 3. The maximum atomic E-state index is 12.9. The molecule has 0 saturated carbocycles. The average molecular weight is 583 g/mol. The standard InChI is InChI=1S/C24H16BrCl3N2O4/c1-33-19-11-14(10-16-23(31)29-30(24(16)32)15-5-3-2-4-6-15)20(25)21(28)22(19)34-12-13-7-8-17(26)18(27)9-13/h2-11H,12H2,1H3,(H,29,31)/b16-10-. The Labute approximate surface area is 219 Å². The second kappa shape index (κ2) is 10.3. The number of carbonyl (C=O) groups is 2. The minimum absolute atomic E-state index is 0.0489. The zero-order valence-electron chi connectivity index (χ0n) is 17.6. The number of nitrogens with zero attached hydrogens (tertiary/aromatic N) is 1. The SMILES string of the molecule is COc1cc(/C=C2/C(=O)NN(c3ccccc3)C2=O)c(Br)c(Cl)c1OCc1ccc(Cl)c(Cl)c1.